The van der Waals surface area contributed by atoms with Crippen molar-refractivity contribution in [3.8, 4) is 0 Å². The topological polar surface area (TPSA) is 36.4 Å². The van der Waals surface area contributed by atoms with Crippen molar-refractivity contribution >= 4 is 40.4 Å². The summed E-state index contributed by atoms with van der Waals surface area (Å²) in [5.74, 6) is 0.884. The molecule has 2 aromatic rings. The Morgan fingerprint density at radius 1 is 0.917 bits per heavy atom. The van der Waals surface area contributed by atoms with Crippen LogP contribution in [0.2, 0.25) is 10.0 Å². The van der Waals surface area contributed by atoms with Crippen molar-refractivity contribution < 1.29 is 0 Å². The monoisotopic (exact) mass is 363 g/mol. The molecule has 0 atom stereocenters. The number of aliphatic imine (C=N–C) groups is 1. The first-order chi connectivity index (χ1) is 11.3. The van der Waals surface area contributed by atoms with Gasteiger partial charge in [0.15, 0.2) is 0 Å². The number of nitrogens with one attached hydrogen (secondary N) is 2. The Morgan fingerprint density at radius 3 is 2.00 bits per heavy atom. The van der Waals surface area contributed by atoms with Gasteiger partial charge < -0.3 is 10.6 Å². The minimum atomic E-state index is -0.173. The number of hydrogen-bond donors (Lipinski definition) is 2. The first-order valence-electron chi connectivity index (χ1n) is 7.94. The third-order valence-corrected chi connectivity index (χ3v) is 3.83. The van der Waals surface area contributed by atoms with Crippen LogP contribution >= 0.6 is 23.2 Å². The van der Waals surface area contributed by atoms with E-state index in [9.17, 15) is 0 Å². The molecular formula is C19H23Cl2N3. The summed E-state index contributed by atoms with van der Waals surface area (Å²) >= 11 is 12.4. The number of benzene rings is 2. The molecule has 3 nitrogen and oxygen atoms in total. The normalized spacial score (nSPS) is 12.1. The number of hydrogen-bond acceptors (Lipinski definition) is 2. The lowest BCUT2D eigenvalue weighted by molar-refractivity contribution is 0.582. The first-order valence-corrected chi connectivity index (χ1v) is 8.69. The highest BCUT2D eigenvalue weighted by atomic mass is 35.5. The number of para-hydroxylation sites is 2. The molecule has 0 aliphatic rings. The molecule has 128 valence electrons. The van der Waals surface area contributed by atoms with Crippen LogP contribution < -0.4 is 10.6 Å². The van der Waals surface area contributed by atoms with Crippen LogP contribution in [-0.4, -0.2) is 17.9 Å². The van der Waals surface area contributed by atoms with E-state index in [1.807, 2.05) is 48.5 Å². The van der Waals surface area contributed by atoms with Crippen LogP contribution in [0.25, 0.3) is 0 Å². The Kier molecular flexibility index (Phi) is 6.52. The highest BCUT2D eigenvalue weighted by molar-refractivity contribution is 6.34. The third kappa shape index (κ3) is 6.06. The molecule has 2 rings (SSSR count). The second kappa shape index (κ2) is 8.41. The first kappa shape index (κ1) is 18.6. The summed E-state index contributed by atoms with van der Waals surface area (Å²) < 4.78 is 0. The highest BCUT2D eigenvalue weighted by Crippen LogP contribution is 2.22. The molecule has 0 saturated heterocycles. The predicted molar refractivity (Wildman–Crippen MR) is 107 cm³/mol. The molecule has 2 aromatic carbocycles. The Balaban J connectivity index is 2.06. The van der Waals surface area contributed by atoms with Gasteiger partial charge in [-0.15, -0.1) is 0 Å². The number of halogens is 2. The van der Waals surface area contributed by atoms with Gasteiger partial charge in [-0.2, -0.15) is 0 Å². The van der Waals surface area contributed by atoms with Crippen LogP contribution in [-0.2, 0) is 0 Å². The van der Waals surface area contributed by atoms with Gasteiger partial charge >= 0.3 is 0 Å². The average Bonchev–Trinajstić information content (AvgIpc) is 2.50. The molecule has 0 aromatic heterocycles. The van der Waals surface area contributed by atoms with Gasteiger partial charge in [0.1, 0.15) is 5.84 Å². The van der Waals surface area contributed by atoms with Gasteiger partial charge in [-0.1, -0.05) is 47.5 Å². The van der Waals surface area contributed by atoms with Gasteiger partial charge in [-0.05, 0) is 45.0 Å². The summed E-state index contributed by atoms with van der Waals surface area (Å²) in [5.41, 5.74) is 1.61. The fourth-order valence-electron chi connectivity index (χ4n) is 2.19. The van der Waals surface area contributed by atoms with E-state index in [2.05, 4.69) is 31.4 Å². The molecule has 5 heteroatoms. The summed E-state index contributed by atoms with van der Waals surface area (Å²) in [6.45, 7) is 6.93. The predicted octanol–water partition coefficient (Wildman–Crippen LogP) is 6.10. The molecule has 0 spiro atoms. The van der Waals surface area contributed by atoms with E-state index < -0.39 is 0 Å². The zero-order chi connectivity index (χ0) is 17.6. The van der Waals surface area contributed by atoms with E-state index in [-0.39, 0.29) is 5.54 Å². The molecule has 0 heterocycles. The van der Waals surface area contributed by atoms with Crippen molar-refractivity contribution in [1.82, 2.24) is 0 Å². The van der Waals surface area contributed by atoms with E-state index in [4.69, 9.17) is 28.2 Å². The van der Waals surface area contributed by atoms with Crippen molar-refractivity contribution in [1.29, 1.82) is 0 Å². The van der Waals surface area contributed by atoms with Crippen LogP contribution in [0.4, 0.5) is 11.4 Å². The lowest BCUT2D eigenvalue weighted by Gasteiger charge is -2.19. The Hall–Kier alpha value is -1.71. The maximum atomic E-state index is 6.24. The highest BCUT2D eigenvalue weighted by Gasteiger charge is 2.11. The minimum Gasteiger partial charge on any atom is -0.383 e. The Bertz CT molecular complexity index is 706. The molecule has 0 aliphatic carbocycles. The molecule has 0 aliphatic heterocycles. The fraction of sp³-hybridized carbons (Fsp3) is 0.316. The molecular weight excluding hydrogens is 341 g/mol. The van der Waals surface area contributed by atoms with Gasteiger partial charge in [0.05, 0.1) is 27.0 Å². The summed E-state index contributed by atoms with van der Waals surface area (Å²) in [4.78, 5) is 4.77. The maximum absolute atomic E-state index is 6.24. The second-order valence-electron chi connectivity index (χ2n) is 6.49. The zero-order valence-electron chi connectivity index (χ0n) is 14.2. The van der Waals surface area contributed by atoms with E-state index in [1.54, 1.807) is 0 Å². The van der Waals surface area contributed by atoms with Crippen molar-refractivity contribution in [2.24, 2.45) is 4.99 Å². The molecule has 0 radical (unpaired) electrons. The van der Waals surface area contributed by atoms with Crippen molar-refractivity contribution in [2.75, 3.05) is 17.2 Å². The lowest BCUT2D eigenvalue weighted by Crippen LogP contribution is -2.22. The molecule has 0 fully saturated rings. The third-order valence-electron chi connectivity index (χ3n) is 3.17. The summed E-state index contributed by atoms with van der Waals surface area (Å²) in [6, 6.07) is 15.4. The van der Waals surface area contributed by atoms with Crippen molar-refractivity contribution in [2.45, 2.75) is 32.7 Å². The molecule has 0 saturated carbocycles. The smallest absolute Gasteiger partial charge is 0.103 e. The van der Waals surface area contributed by atoms with Gasteiger partial charge in [0, 0.05) is 13.0 Å². The minimum absolute atomic E-state index is 0.173. The maximum Gasteiger partial charge on any atom is 0.103 e. The summed E-state index contributed by atoms with van der Waals surface area (Å²) in [6.07, 6.45) is 0.730. The SMILES string of the molecule is CC(C)(C)N=C(CCNc1ccccc1Cl)Nc1ccccc1Cl. The zero-order valence-corrected chi connectivity index (χ0v) is 15.7. The van der Waals surface area contributed by atoms with E-state index in [0.717, 1.165) is 30.2 Å². The van der Waals surface area contributed by atoms with E-state index in [0.29, 0.717) is 10.0 Å². The van der Waals surface area contributed by atoms with Crippen molar-refractivity contribution in [3.05, 3.63) is 58.6 Å². The van der Waals surface area contributed by atoms with E-state index >= 15 is 0 Å². The van der Waals surface area contributed by atoms with Crippen LogP contribution in [0.3, 0.4) is 0 Å². The molecule has 0 amide bonds. The average molecular weight is 364 g/mol. The molecule has 2 N–H and O–H groups in total. The van der Waals surface area contributed by atoms with Gasteiger partial charge in [-0.3, -0.25) is 4.99 Å². The van der Waals surface area contributed by atoms with Gasteiger partial charge in [0.2, 0.25) is 0 Å². The van der Waals surface area contributed by atoms with Gasteiger partial charge in [-0.25, -0.2) is 0 Å². The number of nitrogens with zero attached hydrogens (tertiary/aromatic N) is 1. The Labute approximate surface area is 154 Å². The lowest BCUT2D eigenvalue weighted by atomic mass is 10.1. The fourth-order valence-corrected chi connectivity index (χ4v) is 2.57. The number of amidine groups is 1. The quantitative estimate of drug-likeness (QED) is 0.496. The molecule has 0 bridgehead atoms. The summed E-state index contributed by atoms with van der Waals surface area (Å²) in [7, 11) is 0. The largest absolute Gasteiger partial charge is 0.383 e. The Morgan fingerprint density at radius 2 is 1.46 bits per heavy atom. The van der Waals surface area contributed by atoms with E-state index in [1.165, 1.54) is 0 Å². The second-order valence-corrected chi connectivity index (χ2v) is 7.31. The molecule has 24 heavy (non-hydrogen) atoms. The van der Waals surface area contributed by atoms with Crippen LogP contribution in [0.15, 0.2) is 53.5 Å². The van der Waals surface area contributed by atoms with Crippen LogP contribution in [0, 0.1) is 0 Å². The molecule has 0 unspecified atom stereocenters. The van der Waals surface area contributed by atoms with Gasteiger partial charge in [0.25, 0.3) is 0 Å². The van der Waals surface area contributed by atoms with Crippen LogP contribution in [0.1, 0.15) is 27.2 Å². The van der Waals surface area contributed by atoms with Crippen LogP contribution in [0.5, 0.6) is 0 Å². The summed E-state index contributed by atoms with van der Waals surface area (Å²) in [5, 5.41) is 8.09. The number of rotatable bonds is 5. The number of anilines is 2. The standard InChI is InChI=1S/C19H23Cl2N3/c1-19(2,3)24-18(23-17-11-7-5-9-15(17)21)12-13-22-16-10-6-4-8-14(16)20/h4-11,22H,12-13H2,1-3H3,(H,23,24). The van der Waals surface area contributed by atoms with Crippen molar-refractivity contribution in [3.63, 3.8) is 0 Å².